The van der Waals surface area contributed by atoms with Crippen LogP contribution < -0.4 is 18.6 Å². The molecule has 0 amide bonds. The van der Waals surface area contributed by atoms with Gasteiger partial charge in [-0.15, -0.1) is 10.2 Å². The summed E-state index contributed by atoms with van der Waals surface area (Å²) in [5.41, 5.74) is 0. The van der Waals surface area contributed by atoms with Crippen LogP contribution in [-0.4, -0.2) is 18.8 Å². The molecule has 58 valence electrons. The molecule has 0 heterocycles. The molecule has 0 fully saturated rings. The van der Waals surface area contributed by atoms with Gasteiger partial charge in [0, 0.05) is 23.5 Å². The van der Waals surface area contributed by atoms with Crippen LogP contribution in [0.25, 0.3) is 0 Å². The van der Waals surface area contributed by atoms with Gasteiger partial charge in [0.15, 0.2) is 0 Å². The summed E-state index contributed by atoms with van der Waals surface area (Å²) in [6.07, 6.45) is 0. The van der Waals surface area contributed by atoms with E-state index in [0.29, 0.717) is 0 Å². The lowest BCUT2D eigenvalue weighted by molar-refractivity contribution is -2.00. The van der Waals surface area contributed by atoms with Gasteiger partial charge in [0.1, 0.15) is 0 Å². The summed E-state index contributed by atoms with van der Waals surface area (Å²) >= 11 is 0. The summed E-state index contributed by atoms with van der Waals surface area (Å²) < 4.78 is 36.0. The Hall–Kier alpha value is 0.520. The Labute approximate surface area is 57.9 Å². The van der Waals surface area contributed by atoms with E-state index in [0.717, 1.165) is 0 Å². The van der Waals surface area contributed by atoms with Crippen LogP contribution in [0.2, 0.25) is 0 Å². The molecule has 0 spiro atoms. The predicted molar refractivity (Wildman–Crippen MR) is 24.8 cm³/mol. The number of nitrogens with zero attached hydrogens (tertiary/aromatic N) is 1. The van der Waals surface area contributed by atoms with Crippen molar-refractivity contribution in [2.45, 2.75) is 0 Å². The van der Waals surface area contributed by atoms with Crippen LogP contribution in [0.15, 0.2) is 0 Å². The van der Waals surface area contributed by atoms with Gasteiger partial charge in [-0.2, -0.15) is 4.67 Å². The molecule has 1 atom stereocenters. The van der Waals surface area contributed by atoms with Crippen LogP contribution in [0, 0.1) is 10.2 Å². The molecule has 0 aliphatic carbocycles. The first-order valence-electron chi connectivity index (χ1n) is 1.83. The second kappa shape index (κ2) is 5.32. The van der Waals surface area contributed by atoms with Crippen molar-refractivity contribution >= 4 is 9.39 Å². The van der Waals surface area contributed by atoms with Crippen molar-refractivity contribution in [3.8, 4) is 0 Å². The minimum absolute atomic E-state index is 1.84. The summed E-state index contributed by atoms with van der Waals surface area (Å²) in [6.45, 7) is 0. The molecule has 7 heteroatoms. The highest BCUT2D eigenvalue weighted by Gasteiger charge is 1.84. The molecule has 0 radical (unpaired) electrons. The van der Waals surface area contributed by atoms with Gasteiger partial charge < -0.3 is 0 Å². The molecular formula is C2H9ClNO4P. The smallest absolute Gasteiger partial charge is 0.0424 e. The highest BCUT2D eigenvalue weighted by molar-refractivity contribution is 7.13. The lowest BCUT2D eigenvalue weighted by atomic mass is 11.3. The minimum Gasteiger partial charge on any atom is -0.222 e. The maximum atomic E-state index is 8.49. The summed E-state index contributed by atoms with van der Waals surface area (Å²) in [5.74, 6) is 0. The van der Waals surface area contributed by atoms with Gasteiger partial charge in [-0.1, -0.05) is 0 Å². The van der Waals surface area contributed by atoms with Crippen LogP contribution in [0.4, 0.5) is 0 Å². The first-order valence-corrected chi connectivity index (χ1v) is 3.69. The average Bonchev–Trinajstić information content (AvgIpc) is 1.19. The van der Waals surface area contributed by atoms with E-state index in [4.69, 9.17) is 18.6 Å². The number of hydrogen-bond donors (Lipinski definition) is 0. The maximum Gasteiger partial charge on any atom is 0.0424 e. The topological polar surface area (TPSA) is 95.5 Å². The molecule has 0 aliphatic heterocycles. The van der Waals surface area contributed by atoms with Crippen molar-refractivity contribution in [1.82, 2.24) is 4.67 Å². The fraction of sp³-hybridized carbons (Fsp3) is 1.00. The number of halogens is 1. The lowest BCUT2D eigenvalue weighted by Crippen LogP contribution is -2.68. The number of hydrogen-bond acceptors (Lipinski definition) is 5. The van der Waals surface area contributed by atoms with Crippen molar-refractivity contribution in [2.75, 3.05) is 14.1 Å². The van der Waals surface area contributed by atoms with E-state index in [1.165, 1.54) is 0 Å². The summed E-state index contributed by atoms with van der Waals surface area (Å²) in [4.78, 5) is 0. The van der Waals surface area contributed by atoms with Gasteiger partial charge in [-0.25, -0.2) is 18.6 Å². The van der Waals surface area contributed by atoms with Crippen molar-refractivity contribution < 1.29 is 28.9 Å². The van der Waals surface area contributed by atoms with E-state index in [9.17, 15) is 0 Å². The van der Waals surface area contributed by atoms with Gasteiger partial charge >= 0.3 is 0 Å². The highest BCUT2D eigenvalue weighted by atomic mass is 35.7. The van der Waals surface area contributed by atoms with E-state index in [1.807, 2.05) is 28.2 Å². The van der Waals surface area contributed by atoms with Crippen molar-refractivity contribution in [2.24, 2.45) is 0 Å². The zero-order valence-corrected chi connectivity index (χ0v) is 7.34. The molecule has 0 rings (SSSR count). The average molecular weight is 178 g/mol. The molecule has 0 saturated heterocycles. The Kier molecular flexibility index (Phi) is 7.22. The Bertz CT molecular complexity index is 55.3. The van der Waals surface area contributed by atoms with Crippen LogP contribution >= 0.6 is 9.39 Å². The van der Waals surface area contributed by atoms with E-state index in [-0.39, 0.29) is 0 Å². The molecule has 0 aromatic rings. The molecule has 5 nitrogen and oxygen atoms in total. The second-order valence-corrected chi connectivity index (χ2v) is 3.48. The molecule has 1 unspecified atom stereocenters. The van der Waals surface area contributed by atoms with Crippen molar-refractivity contribution in [1.29, 1.82) is 0 Å². The van der Waals surface area contributed by atoms with Crippen LogP contribution in [0.1, 0.15) is 0 Å². The maximum absolute atomic E-state index is 8.49. The fourth-order valence-electron chi connectivity index (χ4n) is 0. The Morgan fingerprint density at radius 1 is 1.11 bits per heavy atom. The fourth-order valence-corrected chi connectivity index (χ4v) is 0. The van der Waals surface area contributed by atoms with Gasteiger partial charge in [0.25, 0.3) is 0 Å². The molecule has 0 saturated carbocycles. The van der Waals surface area contributed by atoms with Crippen LogP contribution in [-0.2, 0) is 0 Å². The third-order valence-corrected chi connectivity index (χ3v) is 0. The molecular weight excluding hydrogens is 168 g/mol. The summed E-state index contributed by atoms with van der Waals surface area (Å²) in [6, 6.07) is 0. The van der Waals surface area contributed by atoms with E-state index in [2.05, 4.69) is 0 Å². The largest absolute Gasteiger partial charge is 0.222 e. The molecule has 0 bridgehead atoms. The predicted octanol–water partition coefficient (Wildman–Crippen LogP) is -4.69. The van der Waals surface area contributed by atoms with E-state index in [1.54, 1.807) is 0 Å². The normalized spacial score (nSPS) is 11.0. The van der Waals surface area contributed by atoms with Crippen LogP contribution in [0.3, 0.4) is 0 Å². The van der Waals surface area contributed by atoms with Gasteiger partial charge in [-0.05, 0) is 0 Å². The SMILES string of the molecule is CN(C)[PH3+].[O-][Cl+3]([O-])([O-])[O-]. The zero-order chi connectivity index (χ0) is 8.08. The summed E-state index contributed by atoms with van der Waals surface area (Å²) in [7, 11) is 0.917. The zero-order valence-electron chi connectivity index (χ0n) is 5.17. The standard InChI is InChI=1S/C2H8NP.ClHO4/c1-3(2)4;2-1(3,4)5/h4H2,1-2H3;(H,2,3,4,5). The highest BCUT2D eigenvalue weighted by Crippen LogP contribution is 1.78. The molecule has 9 heavy (non-hydrogen) atoms. The van der Waals surface area contributed by atoms with Crippen molar-refractivity contribution in [3.05, 3.63) is 0 Å². The minimum atomic E-state index is -4.94. The Morgan fingerprint density at radius 3 is 1.11 bits per heavy atom. The van der Waals surface area contributed by atoms with E-state index < -0.39 is 10.2 Å². The first-order chi connectivity index (χ1) is 3.73. The lowest BCUT2D eigenvalue weighted by Gasteiger charge is -2.17. The summed E-state index contributed by atoms with van der Waals surface area (Å²) in [5, 5.41) is 0. The molecule has 0 aliphatic rings. The monoisotopic (exact) mass is 177 g/mol. The van der Waals surface area contributed by atoms with E-state index >= 15 is 0 Å². The molecule has 0 N–H and O–H groups in total. The quantitative estimate of drug-likeness (QED) is 0.347. The van der Waals surface area contributed by atoms with Gasteiger partial charge in [0.2, 0.25) is 0 Å². The Balaban J connectivity index is 0. The van der Waals surface area contributed by atoms with Crippen molar-refractivity contribution in [3.63, 3.8) is 0 Å². The molecule has 0 aromatic carbocycles. The van der Waals surface area contributed by atoms with Gasteiger partial charge in [0.05, 0.1) is 0 Å². The molecule has 0 aromatic heterocycles. The number of rotatable bonds is 0. The van der Waals surface area contributed by atoms with Gasteiger partial charge in [-0.3, -0.25) is 0 Å². The third kappa shape index (κ3) is 1340. The Morgan fingerprint density at radius 2 is 1.11 bits per heavy atom. The van der Waals surface area contributed by atoms with Crippen LogP contribution in [0.5, 0.6) is 0 Å². The second-order valence-electron chi connectivity index (χ2n) is 1.46. The first kappa shape index (κ1) is 12.2. The third-order valence-electron chi connectivity index (χ3n) is 0.